The Morgan fingerprint density at radius 1 is 1.18 bits per heavy atom. The van der Waals surface area contributed by atoms with Crippen LogP contribution in [0.4, 0.5) is 11.4 Å². The summed E-state index contributed by atoms with van der Waals surface area (Å²) in [4.78, 5) is 38.0. The number of hydrogen-bond donors (Lipinski definition) is 1. The fourth-order valence-corrected chi connectivity index (χ4v) is 3.45. The summed E-state index contributed by atoms with van der Waals surface area (Å²) in [6, 6.07) is 12.2. The van der Waals surface area contributed by atoms with Crippen LogP contribution in [-0.2, 0) is 19.1 Å². The van der Waals surface area contributed by atoms with Gasteiger partial charge in [0.1, 0.15) is 0 Å². The largest absolute Gasteiger partial charge is 0.455 e. The van der Waals surface area contributed by atoms with E-state index in [1.54, 1.807) is 35.2 Å². The van der Waals surface area contributed by atoms with Gasteiger partial charge in [0.2, 0.25) is 5.91 Å². The molecule has 0 aromatic heterocycles. The lowest BCUT2D eigenvalue weighted by Crippen LogP contribution is -2.28. The summed E-state index contributed by atoms with van der Waals surface area (Å²) >= 11 is 12.6. The van der Waals surface area contributed by atoms with E-state index >= 15 is 0 Å². The summed E-state index contributed by atoms with van der Waals surface area (Å²) in [6.07, 6.45) is 0.0544. The van der Waals surface area contributed by atoms with Gasteiger partial charge in [-0.2, -0.15) is 0 Å². The molecule has 146 valence electrons. The van der Waals surface area contributed by atoms with Crippen LogP contribution in [0.1, 0.15) is 6.42 Å². The lowest BCUT2D eigenvalue weighted by Gasteiger charge is -2.16. The molecular formula is C19H15Br2ClN2O4. The van der Waals surface area contributed by atoms with Gasteiger partial charge in [-0.15, -0.1) is 0 Å². The molecule has 1 fully saturated rings. The second-order valence-corrected chi connectivity index (χ2v) is 8.34. The smallest absolute Gasteiger partial charge is 0.311 e. The van der Waals surface area contributed by atoms with E-state index in [1.165, 1.54) is 0 Å². The van der Waals surface area contributed by atoms with Crippen molar-refractivity contribution in [1.82, 2.24) is 0 Å². The van der Waals surface area contributed by atoms with Gasteiger partial charge in [-0.25, -0.2) is 0 Å². The molecule has 2 aromatic carbocycles. The molecular weight excluding hydrogens is 515 g/mol. The number of nitrogens with one attached hydrogen (secondary N) is 1. The third kappa shape index (κ3) is 5.12. The number of amides is 2. The first-order chi connectivity index (χ1) is 13.3. The van der Waals surface area contributed by atoms with Gasteiger partial charge in [0.15, 0.2) is 6.61 Å². The van der Waals surface area contributed by atoms with Crippen molar-refractivity contribution in [2.24, 2.45) is 5.92 Å². The zero-order chi connectivity index (χ0) is 20.3. The molecule has 0 saturated carbocycles. The molecule has 1 saturated heterocycles. The van der Waals surface area contributed by atoms with Gasteiger partial charge >= 0.3 is 5.97 Å². The number of carbonyl (C=O) groups is 3. The lowest BCUT2D eigenvalue weighted by molar-refractivity contribution is -0.151. The second kappa shape index (κ2) is 9.07. The van der Waals surface area contributed by atoms with Gasteiger partial charge < -0.3 is 15.0 Å². The SMILES string of the molecule is O=C(COC(=O)[C@@H]1CC(=O)N(c2ccc(Br)cc2)C1)Nc1ccc(Br)c(Cl)c1. The zero-order valence-corrected chi connectivity index (χ0v) is 18.4. The lowest BCUT2D eigenvalue weighted by atomic mass is 10.1. The summed E-state index contributed by atoms with van der Waals surface area (Å²) < 4.78 is 6.69. The molecule has 1 N–H and O–H groups in total. The van der Waals surface area contributed by atoms with Crippen LogP contribution in [0.15, 0.2) is 51.4 Å². The van der Waals surface area contributed by atoms with Crippen molar-refractivity contribution in [1.29, 1.82) is 0 Å². The van der Waals surface area contributed by atoms with E-state index < -0.39 is 24.4 Å². The number of rotatable bonds is 5. The van der Waals surface area contributed by atoms with Crippen molar-refractivity contribution in [3.05, 3.63) is 56.4 Å². The van der Waals surface area contributed by atoms with Gasteiger partial charge in [-0.3, -0.25) is 14.4 Å². The Labute approximate surface area is 183 Å². The van der Waals surface area contributed by atoms with Gasteiger partial charge in [-0.1, -0.05) is 27.5 Å². The Morgan fingerprint density at radius 3 is 2.57 bits per heavy atom. The first-order valence-electron chi connectivity index (χ1n) is 8.31. The number of ether oxygens (including phenoxy) is 1. The van der Waals surface area contributed by atoms with Gasteiger partial charge in [-0.05, 0) is 58.4 Å². The number of nitrogens with zero attached hydrogens (tertiary/aromatic N) is 1. The molecule has 0 bridgehead atoms. The molecule has 0 spiro atoms. The molecule has 0 radical (unpaired) electrons. The van der Waals surface area contributed by atoms with E-state index in [1.807, 2.05) is 12.1 Å². The molecule has 1 heterocycles. The van der Waals surface area contributed by atoms with Crippen LogP contribution in [0.2, 0.25) is 5.02 Å². The summed E-state index contributed by atoms with van der Waals surface area (Å²) in [5, 5.41) is 3.05. The number of esters is 1. The van der Waals surface area contributed by atoms with Crippen LogP contribution in [0.25, 0.3) is 0 Å². The molecule has 0 unspecified atom stereocenters. The van der Waals surface area contributed by atoms with Crippen LogP contribution >= 0.6 is 43.5 Å². The molecule has 1 aliphatic rings. The van der Waals surface area contributed by atoms with Crippen molar-refractivity contribution >= 4 is 72.6 Å². The van der Waals surface area contributed by atoms with Gasteiger partial charge in [0.25, 0.3) is 5.91 Å². The average Bonchev–Trinajstić information content (AvgIpc) is 3.05. The Bertz CT molecular complexity index is 921. The summed E-state index contributed by atoms with van der Waals surface area (Å²) in [7, 11) is 0. The van der Waals surface area contributed by atoms with E-state index in [2.05, 4.69) is 37.2 Å². The first kappa shape index (κ1) is 20.8. The van der Waals surface area contributed by atoms with Crippen molar-refractivity contribution in [3.8, 4) is 0 Å². The molecule has 2 amide bonds. The van der Waals surface area contributed by atoms with Crippen LogP contribution in [-0.4, -0.2) is 30.9 Å². The fraction of sp³-hybridized carbons (Fsp3) is 0.211. The molecule has 2 aromatic rings. The summed E-state index contributed by atoms with van der Waals surface area (Å²) in [5.74, 6) is -1.82. The van der Waals surface area contributed by atoms with Gasteiger partial charge in [0.05, 0.1) is 10.9 Å². The van der Waals surface area contributed by atoms with E-state index in [-0.39, 0.29) is 18.9 Å². The third-order valence-electron chi connectivity index (χ3n) is 4.15. The minimum atomic E-state index is -0.605. The Hall–Kier alpha value is -1.90. The number of anilines is 2. The molecule has 1 aliphatic heterocycles. The molecule has 3 rings (SSSR count). The van der Waals surface area contributed by atoms with Crippen molar-refractivity contribution in [2.75, 3.05) is 23.4 Å². The standard InChI is InChI=1S/C19H15Br2ClN2O4/c20-12-1-4-14(5-2-12)24-9-11(7-18(24)26)19(27)28-10-17(25)23-13-3-6-15(21)16(22)8-13/h1-6,8,11H,7,9-10H2,(H,23,25)/t11-/m1/s1. The predicted molar refractivity (Wildman–Crippen MR) is 113 cm³/mol. The highest BCUT2D eigenvalue weighted by Gasteiger charge is 2.36. The van der Waals surface area contributed by atoms with Crippen molar-refractivity contribution in [3.63, 3.8) is 0 Å². The van der Waals surface area contributed by atoms with E-state index in [0.29, 0.717) is 20.9 Å². The van der Waals surface area contributed by atoms with Crippen LogP contribution in [0.5, 0.6) is 0 Å². The second-order valence-electron chi connectivity index (χ2n) is 6.17. The quantitative estimate of drug-likeness (QED) is 0.582. The molecule has 1 atom stereocenters. The van der Waals surface area contributed by atoms with E-state index in [9.17, 15) is 14.4 Å². The fourth-order valence-electron chi connectivity index (χ4n) is 2.76. The van der Waals surface area contributed by atoms with Gasteiger partial charge in [0, 0.05) is 33.3 Å². The summed E-state index contributed by atoms with van der Waals surface area (Å²) in [6.45, 7) is -0.210. The highest BCUT2D eigenvalue weighted by Crippen LogP contribution is 2.27. The zero-order valence-electron chi connectivity index (χ0n) is 14.5. The highest BCUT2D eigenvalue weighted by molar-refractivity contribution is 9.10. The topological polar surface area (TPSA) is 75.7 Å². The van der Waals surface area contributed by atoms with Crippen molar-refractivity contribution in [2.45, 2.75) is 6.42 Å². The minimum absolute atomic E-state index is 0.0544. The Morgan fingerprint density at radius 2 is 1.89 bits per heavy atom. The van der Waals surface area contributed by atoms with Crippen LogP contribution in [0, 0.1) is 5.92 Å². The molecule has 9 heteroatoms. The number of benzene rings is 2. The predicted octanol–water partition coefficient (Wildman–Crippen LogP) is 4.40. The first-order valence-corrected chi connectivity index (χ1v) is 10.3. The van der Waals surface area contributed by atoms with Crippen LogP contribution in [0.3, 0.4) is 0 Å². The maximum atomic E-state index is 12.3. The third-order valence-corrected chi connectivity index (χ3v) is 5.91. The number of halogens is 3. The van der Waals surface area contributed by atoms with Crippen LogP contribution < -0.4 is 10.2 Å². The number of carbonyl (C=O) groups excluding carboxylic acids is 3. The molecule has 28 heavy (non-hydrogen) atoms. The maximum absolute atomic E-state index is 12.3. The molecule has 0 aliphatic carbocycles. The normalized spacial score (nSPS) is 16.2. The highest BCUT2D eigenvalue weighted by atomic mass is 79.9. The monoisotopic (exact) mass is 528 g/mol. The molecule has 6 nitrogen and oxygen atoms in total. The summed E-state index contributed by atoms with van der Waals surface area (Å²) in [5.41, 5.74) is 1.21. The minimum Gasteiger partial charge on any atom is -0.455 e. The van der Waals surface area contributed by atoms with E-state index in [4.69, 9.17) is 16.3 Å². The average molecular weight is 531 g/mol. The maximum Gasteiger partial charge on any atom is 0.311 e. The Balaban J connectivity index is 1.52. The van der Waals surface area contributed by atoms with Crippen molar-refractivity contribution < 1.29 is 19.1 Å². The van der Waals surface area contributed by atoms with E-state index in [0.717, 1.165) is 4.47 Å². The Kier molecular flexibility index (Phi) is 6.74. The number of hydrogen-bond acceptors (Lipinski definition) is 4.